The highest BCUT2D eigenvalue weighted by atomic mass is 16.3. The smallest absolute Gasteiger partial charge is 0.257 e. The number of benzene rings is 1. The van der Waals surface area contributed by atoms with Crippen molar-refractivity contribution in [2.45, 2.75) is 19.9 Å². The molecule has 1 unspecified atom stereocenters. The molecule has 1 atom stereocenters. The van der Waals surface area contributed by atoms with Crippen LogP contribution in [-0.2, 0) is 0 Å². The molecule has 3 N–H and O–H groups in total. The minimum atomic E-state index is -0.115. The van der Waals surface area contributed by atoms with Gasteiger partial charge in [-0.2, -0.15) is 0 Å². The molecule has 0 aliphatic carbocycles. The topological polar surface area (TPSA) is 65.1 Å². The number of hydrogen-bond donors (Lipinski definition) is 3. The summed E-state index contributed by atoms with van der Waals surface area (Å²) in [6, 6.07) is 9.26. The Labute approximate surface area is 106 Å². The Bertz CT molecular complexity index is 590. The van der Waals surface area contributed by atoms with Gasteiger partial charge in [0.2, 0.25) is 0 Å². The number of hydrogen-bond acceptors (Lipinski definition) is 3. The molecule has 18 heavy (non-hydrogen) atoms. The zero-order valence-electron chi connectivity index (χ0n) is 10.6. The molecule has 2 aromatic rings. The molecular weight excluding hydrogens is 228 g/mol. The van der Waals surface area contributed by atoms with Gasteiger partial charge in [0, 0.05) is 5.39 Å². The highest BCUT2D eigenvalue weighted by Gasteiger charge is 2.12. The Hall–Kier alpha value is -1.81. The highest BCUT2D eigenvalue weighted by Crippen LogP contribution is 2.15. The zero-order chi connectivity index (χ0) is 13.1. The van der Waals surface area contributed by atoms with Gasteiger partial charge >= 0.3 is 0 Å². The van der Waals surface area contributed by atoms with Crippen molar-refractivity contribution in [3.63, 3.8) is 0 Å². The minimum absolute atomic E-state index is 0.0342. The fourth-order valence-electron chi connectivity index (χ4n) is 1.91. The van der Waals surface area contributed by atoms with Gasteiger partial charge in [-0.25, -0.2) is 0 Å². The third-order valence-corrected chi connectivity index (χ3v) is 3.10. The summed E-state index contributed by atoms with van der Waals surface area (Å²) in [6.45, 7) is 4.08. The maximum Gasteiger partial charge on any atom is 0.257 e. The van der Waals surface area contributed by atoms with Gasteiger partial charge in [-0.3, -0.25) is 4.79 Å². The first-order valence-electron chi connectivity index (χ1n) is 6.11. The van der Waals surface area contributed by atoms with Crippen molar-refractivity contribution in [3.8, 4) is 0 Å². The van der Waals surface area contributed by atoms with Crippen LogP contribution < -0.4 is 10.9 Å². The van der Waals surface area contributed by atoms with Crippen molar-refractivity contribution >= 4 is 16.6 Å². The summed E-state index contributed by atoms with van der Waals surface area (Å²) >= 11 is 0. The number of H-pyrrole nitrogens is 1. The van der Waals surface area contributed by atoms with Crippen LogP contribution in [0, 0.1) is 5.92 Å². The van der Waals surface area contributed by atoms with Gasteiger partial charge in [0.05, 0.1) is 12.6 Å². The second kappa shape index (κ2) is 5.23. The van der Waals surface area contributed by atoms with E-state index in [-0.39, 0.29) is 24.1 Å². The molecule has 0 fully saturated rings. The molecule has 0 saturated heterocycles. The fourth-order valence-corrected chi connectivity index (χ4v) is 1.91. The van der Waals surface area contributed by atoms with Crippen LogP contribution in [0.4, 0.5) is 5.82 Å². The van der Waals surface area contributed by atoms with Gasteiger partial charge in [-0.15, -0.1) is 0 Å². The molecule has 0 saturated carbocycles. The Morgan fingerprint density at radius 1 is 1.33 bits per heavy atom. The first-order chi connectivity index (χ1) is 8.61. The average molecular weight is 246 g/mol. The van der Waals surface area contributed by atoms with E-state index in [1.807, 2.05) is 38.1 Å². The van der Waals surface area contributed by atoms with E-state index in [1.165, 1.54) is 0 Å². The molecule has 0 spiro atoms. The predicted octanol–water partition coefficient (Wildman–Crippen LogP) is 1.96. The number of pyridine rings is 1. The van der Waals surface area contributed by atoms with Crippen LogP contribution in [-0.4, -0.2) is 22.7 Å². The number of aromatic nitrogens is 1. The number of rotatable bonds is 4. The van der Waals surface area contributed by atoms with E-state index in [0.717, 1.165) is 5.39 Å². The summed E-state index contributed by atoms with van der Waals surface area (Å²) in [6.07, 6.45) is 0. The molecule has 2 rings (SSSR count). The lowest BCUT2D eigenvalue weighted by molar-refractivity contribution is 0.249. The second-order valence-corrected chi connectivity index (χ2v) is 4.78. The third-order valence-electron chi connectivity index (χ3n) is 3.10. The summed E-state index contributed by atoms with van der Waals surface area (Å²) in [7, 11) is 0. The van der Waals surface area contributed by atoms with E-state index >= 15 is 0 Å². The summed E-state index contributed by atoms with van der Waals surface area (Å²) in [5.74, 6) is 0.927. The fraction of sp³-hybridized carbons (Fsp3) is 0.357. The van der Waals surface area contributed by atoms with Crippen LogP contribution in [0.2, 0.25) is 0 Å². The Balaban J connectivity index is 2.38. The molecular formula is C14H18N2O2. The number of aliphatic hydroxyl groups excluding tert-OH is 1. The van der Waals surface area contributed by atoms with Crippen molar-refractivity contribution in [1.82, 2.24) is 4.98 Å². The van der Waals surface area contributed by atoms with E-state index in [9.17, 15) is 9.90 Å². The van der Waals surface area contributed by atoms with Crippen LogP contribution in [0.15, 0.2) is 35.1 Å². The van der Waals surface area contributed by atoms with Gasteiger partial charge in [0.25, 0.3) is 5.56 Å². The van der Waals surface area contributed by atoms with Crippen LogP contribution in [0.5, 0.6) is 0 Å². The summed E-state index contributed by atoms with van der Waals surface area (Å²) in [5.41, 5.74) is -0.115. The molecule has 0 aliphatic heterocycles. The molecule has 0 bridgehead atoms. The number of fused-ring (bicyclic) bond motifs is 1. The SMILES string of the molecule is CC(C)C(CO)Nc1cc2ccccc2c(=O)[nH]1. The number of nitrogens with one attached hydrogen (secondary N) is 2. The summed E-state index contributed by atoms with van der Waals surface area (Å²) in [4.78, 5) is 14.7. The van der Waals surface area contributed by atoms with E-state index in [0.29, 0.717) is 11.2 Å². The molecule has 1 aromatic heterocycles. The van der Waals surface area contributed by atoms with Gasteiger partial charge < -0.3 is 15.4 Å². The molecule has 96 valence electrons. The van der Waals surface area contributed by atoms with E-state index in [2.05, 4.69) is 10.3 Å². The molecule has 4 heteroatoms. The van der Waals surface area contributed by atoms with Gasteiger partial charge in [0.1, 0.15) is 5.82 Å². The first-order valence-corrected chi connectivity index (χ1v) is 6.11. The van der Waals surface area contributed by atoms with Crippen LogP contribution in [0.1, 0.15) is 13.8 Å². The monoisotopic (exact) mass is 246 g/mol. The Kier molecular flexibility index (Phi) is 3.67. The standard InChI is InChI=1S/C14H18N2O2/c1-9(2)12(8-17)15-13-7-10-5-3-4-6-11(10)14(18)16-13/h3-7,9,12,17H,8H2,1-2H3,(H2,15,16,18). The van der Waals surface area contributed by atoms with Crippen LogP contribution in [0.3, 0.4) is 0 Å². The average Bonchev–Trinajstić information content (AvgIpc) is 2.35. The van der Waals surface area contributed by atoms with E-state index in [1.54, 1.807) is 6.07 Å². The lowest BCUT2D eigenvalue weighted by Gasteiger charge is -2.21. The number of aliphatic hydroxyl groups is 1. The van der Waals surface area contributed by atoms with Crippen LogP contribution in [0.25, 0.3) is 10.8 Å². The normalized spacial score (nSPS) is 12.9. The quantitative estimate of drug-likeness (QED) is 0.772. The van der Waals surface area contributed by atoms with Crippen molar-refractivity contribution in [2.24, 2.45) is 5.92 Å². The first kappa shape index (κ1) is 12.6. The highest BCUT2D eigenvalue weighted by molar-refractivity contribution is 5.83. The van der Waals surface area contributed by atoms with Crippen molar-refractivity contribution in [1.29, 1.82) is 0 Å². The van der Waals surface area contributed by atoms with Crippen molar-refractivity contribution < 1.29 is 5.11 Å². The molecule has 0 radical (unpaired) electrons. The van der Waals surface area contributed by atoms with Gasteiger partial charge in [0.15, 0.2) is 0 Å². The summed E-state index contributed by atoms with van der Waals surface area (Å²) < 4.78 is 0. The van der Waals surface area contributed by atoms with E-state index < -0.39 is 0 Å². The molecule has 4 nitrogen and oxygen atoms in total. The van der Waals surface area contributed by atoms with Crippen molar-refractivity contribution in [2.75, 3.05) is 11.9 Å². The van der Waals surface area contributed by atoms with Crippen molar-refractivity contribution in [3.05, 3.63) is 40.7 Å². The number of anilines is 1. The molecule has 1 aromatic carbocycles. The van der Waals surface area contributed by atoms with Crippen LogP contribution >= 0.6 is 0 Å². The predicted molar refractivity (Wildman–Crippen MR) is 73.9 cm³/mol. The molecule has 0 amide bonds. The largest absolute Gasteiger partial charge is 0.394 e. The van der Waals surface area contributed by atoms with Gasteiger partial charge in [-0.05, 0) is 23.4 Å². The maximum atomic E-state index is 11.9. The zero-order valence-corrected chi connectivity index (χ0v) is 10.6. The number of aromatic amines is 1. The second-order valence-electron chi connectivity index (χ2n) is 4.78. The minimum Gasteiger partial charge on any atom is -0.394 e. The van der Waals surface area contributed by atoms with Gasteiger partial charge in [-0.1, -0.05) is 32.0 Å². The lowest BCUT2D eigenvalue weighted by Crippen LogP contribution is -2.30. The van der Waals surface area contributed by atoms with E-state index in [4.69, 9.17) is 0 Å². The summed E-state index contributed by atoms with van der Waals surface area (Å²) in [5, 5.41) is 14.0. The third kappa shape index (κ3) is 2.54. The lowest BCUT2D eigenvalue weighted by atomic mass is 10.1. The Morgan fingerprint density at radius 2 is 2.06 bits per heavy atom. The molecule has 1 heterocycles. The Morgan fingerprint density at radius 3 is 2.72 bits per heavy atom. The molecule has 0 aliphatic rings. The maximum absolute atomic E-state index is 11.9.